The smallest absolute Gasteiger partial charge is 0.182 e. The van der Waals surface area contributed by atoms with E-state index in [0.717, 1.165) is 42.1 Å². The molecule has 100 valence electrons. The zero-order valence-electron chi connectivity index (χ0n) is 10.9. The molecule has 6 heteroatoms. The molecule has 1 fully saturated rings. The van der Waals surface area contributed by atoms with E-state index in [2.05, 4.69) is 15.5 Å². The van der Waals surface area contributed by atoms with Crippen LogP contribution in [0.25, 0.3) is 11.4 Å². The number of nitrogen functional groups attached to an aromatic ring is 1. The van der Waals surface area contributed by atoms with Gasteiger partial charge in [0.25, 0.3) is 0 Å². The second-order valence-electron chi connectivity index (χ2n) is 4.89. The summed E-state index contributed by atoms with van der Waals surface area (Å²) >= 11 is 0. The number of benzene rings is 1. The van der Waals surface area contributed by atoms with Crippen molar-refractivity contribution in [2.45, 2.75) is 25.8 Å². The first-order valence-electron chi connectivity index (χ1n) is 6.48. The molecule has 1 aliphatic heterocycles. The number of nitrogens with two attached hydrogens (primary N) is 1. The van der Waals surface area contributed by atoms with Crippen LogP contribution in [0.5, 0.6) is 0 Å². The van der Waals surface area contributed by atoms with E-state index in [0.29, 0.717) is 6.61 Å². The molecule has 1 aromatic heterocycles. The average Bonchev–Trinajstić information content (AvgIpc) is 2.92. The Hall–Kier alpha value is -1.95. The van der Waals surface area contributed by atoms with Crippen molar-refractivity contribution in [3.8, 4) is 11.4 Å². The maximum absolute atomic E-state index is 5.95. The molecule has 1 aliphatic rings. The Kier molecular flexibility index (Phi) is 3.16. The van der Waals surface area contributed by atoms with E-state index in [1.807, 2.05) is 29.8 Å². The average molecular weight is 259 g/mol. The summed E-state index contributed by atoms with van der Waals surface area (Å²) in [7, 11) is 0. The number of hydrogen-bond acceptors (Lipinski definition) is 5. The number of nitrogens with zero attached hydrogens (tertiary/aromatic N) is 4. The Labute approximate surface area is 111 Å². The second-order valence-corrected chi connectivity index (χ2v) is 4.89. The predicted octanol–water partition coefficient (Wildman–Crippen LogP) is 1.58. The van der Waals surface area contributed by atoms with Gasteiger partial charge in [0.15, 0.2) is 5.82 Å². The molecule has 0 bridgehead atoms. The Morgan fingerprint density at radius 3 is 3.05 bits per heavy atom. The summed E-state index contributed by atoms with van der Waals surface area (Å²) in [5.74, 6) is 0.752. The zero-order valence-corrected chi connectivity index (χ0v) is 10.9. The van der Waals surface area contributed by atoms with Crippen LogP contribution in [0.3, 0.4) is 0 Å². The molecule has 3 rings (SSSR count). The highest BCUT2D eigenvalue weighted by Gasteiger charge is 2.21. The van der Waals surface area contributed by atoms with E-state index in [-0.39, 0.29) is 6.04 Å². The number of tetrazole rings is 1. The minimum absolute atomic E-state index is 0.210. The number of aromatic nitrogens is 4. The van der Waals surface area contributed by atoms with Crippen molar-refractivity contribution in [1.29, 1.82) is 0 Å². The monoisotopic (exact) mass is 259 g/mol. The lowest BCUT2D eigenvalue weighted by Gasteiger charge is -2.22. The maximum Gasteiger partial charge on any atom is 0.182 e. The molecule has 1 unspecified atom stereocenters. The van der Waals surface area contributed by atoms with Crippen LogP contribution < -0.4 is 5.73 Å². The molecule has 2 aromatic rings. The molecule has 1 aromatic carbocycles. The van der Waals surface area contributed by atoms with Crippen molar-refractivity contribution in [1.82, 2.24) is 20.2 Å². The highest BCUT2D eigenvalue weighted by Crippen LogP contribution is 2.26. The lowest BCUT2D eigenvalue weighted by Crippen LogP contribution is -2.23. The van der Waals surface area contributed by atoms with Gasteiger partial charge in [0.05, 0.1) is 12.6 Å². The van der Waals surface area contributed by atoms with Crippen LogP contribution in [-0.2, 0) is 4.74 Å². The van der Waals surface area contributed by atoms with Gasteiger partial charge in [-0.2, -0.15) is 0 Å². The molecular formula is C13H17N5O. The van der Waals surface area contributed by atoms with Gasteiger partial charge in [-0.25, -0.2) is 4.68 Å². The molecule has 0 spiro atoms. The van der Waals surface area contributed by atoms with Crippen molar-refractivity contribution < 1.29 is 4.74 Å². The molecule has 1 atom stereocenters. The fourth-order valence-electron chi connectivity index (χ4n) is 2.33. The number of aryl methyl sites for hydroxylation is 1. The highest BCUT2D eigenvalue weighted by atomic mass is 16.5. The van der Waals surface area contributed by atoms with Gasteiger partial charge in [-0.05, 0) is 41.8 Å². The quantitative estimate of drug-likeness (QED) is 0.828. The Morgan fingerprint density at radius 2 is 2.32 bits per heavy atom. The van der Waals surface area contributed by atoms with E-state index in [9.17, 15) is 0 Å². The molecule has 2 heterocycles. The zero-order chi connectivity index (χ0) is 13.2. The molecule has 2 N–H and O–H groups in total. The van der Waals surface area contributed by atoms with Crippen LogP contribution in [-0.4, -0.2) is 33.4 Å². The number of rotatable bonds is 2. The predicted molar refractivity (Wildman–Crippen MR) is 71.5 cm³/mol. The third-order valence-corrected chi connectivity index (χ3v) is 3.51. The minimum Gasteiger partial charge on any atom is -0.398 e. The lowest BCUT2D eigenvalue weighted by atomic mass is 10.1. The van der Waals surface area contributed by atoms with Gasteiger partial charge in [-0.1, -0.05) is 12.1 Å². The molecule has 1 saturated heterocycles. The third kappa shape index (κ3) is 2.31. The van der Waals surface area contributed by atoms with Crippen LogP contribution in [0.2, 0.25) is 0 Å². The molecular weight excluding hydrogens is 242 g/mol. The van der Waals surface area contributed by atoms with E-state index < -0.39 is 0 Å². The Morgan fingerprint density at radius 1 is 1.42 bits per heavy atom. The molecule has 0 aliphatic carbocycles. The number of anilines is 1. The van der Waals surface area contributed by atoms with Crippen molar-refractivity contribution in [2.75, 3.05) is 18.9 Å². The van der Waals surface area contributed by atoms with Crippen molar-refractivity contribution in [3.05, 3.63) is 23.8 Å². The molecule has 0 amide bonds. The summed E-state index contributed by atoms with van der Waals surface area (Å²) in [6.07, 6.45) is 2.08. The van der Waals surface area contributed by atoms with E-state index in [1.54, 1.807) is 0 Å². The van der Waals surface area contributed by atoms with Gasteiger partial charge in [-0.3, -0.25) is 0 Å². The van der Waals surface area contributed by atoms with Crippen LogP contribution >= 0.6 is 0 Å². The maximum atomic E-state index is 5.95. The SMILES string of the molecule is Cc1ccc(-c2nnnn2C2CCCOC2)cc1N. The van der Waals surface area contributed by atoms with Gasteiger partial charge in [0.2, 0.25) is 0 Å². The first-order valence-corrected chi connectivity index (χ1v) is 6.48. The number of hydrogen-bond donors (Lipinski definition) is 1. The minimum atomic E-state index is 0.210. The van der Waals surface area contributed by atoms with E-state index >= 15 is 0 Å². The largest absolute Gasteiger partial charge is 0.398 e. The van der Waals surface area contributed by atoms with Crippen molar-refractivity contribution in [3.63, 3.8) is 0 Å². The molecule has 0 saturated carbocycles. The third-order valence-electron chi connectivity index (χ3n) is 3.51. The standard InChI is InChI=1S/C13H17N5O/c1-9-4-5-10(7-12(9)14)13-15-16-17-18(13)11-3-2-6-19-8-11/h4-5,7,11H,2-3,6,8,14H2,1H3. The summed E-state index contributed by atoms with van der Waals surface area (Å²) in [4.78, 5) is 0. The molecule has 0 radical (unpaired) electrons. The fraction of sp³-hybridized carbons (Fsp3) is 0.462. The fourth-order valence-corrected chi connectivity index (χ4v) is 2.33. The summed E-state index contributed by atoms with van der Waals surface area (Å²) < 4.78 is 7.35. The Balaban J connectivity index is 1.96. The van der Waals surface area contributed by atoms with Gasteiger partial charge in [0, 0.05) is 17.9 Å². The van der Waals surface area contributed by atoms with Gasteiger partial charge in [0.1, 0.15) is 0 Å². The summed E-state index contributed by atoms with van der Waals surface area (Å²) in [6, 6.07) is 6.11. The van der Waals surface area contributed by atoms with Gasteiger partial charge in [-0.15, -0.1) is 5.10 Å². The molecule has 6 nitrogen and oxygen atoms in total. The van der Waals surface area contributed by atoms with Crippen molar-refractivity contribution in [2.24, 2.45) is 0 Å². The number of ether oxygens (including phenoxy) is 1. The van der Waals surface area contributed by atoms with Gasteiger partial charge < -0.3 is 10.5 Å². The highest BCUT2D eigenvalue weighted by molar-refractivity contribution is 5.63. The second kappa shape index (κ2) is 4.97. The van der Waals surface area contributed by atoms with Crippen LogP contribution in [0.4, 0.5) is 5.69 Å². The lowest BCUT2D eigenvalue weighted by molar-refractivity contribution is 0.0548. The van der Waals surface area contributed by atoms with Crippen molar-refractivity contribution >= 4 is 5.69 Å². The normalized spacial score (nSPS) is 19.5. The van der Waals surface area contributed by atoms with Crippen LogP contribution in [0, 0.1) is 6.92 Å². The summed E-state index contributed by atoms with van der Waals surface area (Å²) in [6.45, 7) is 3.47. The summed E-state index contributed by atoms with van der Waals surface area (Å²) in [5.41, 5.74) is 8.71. The Bertz CT molecular complexity index is 574. The summed E-state index contributed by atoms with van der Waals surface area (Å²) in [5, 5.41) is 12.0. The first kappa shape index (κ1) is 12.1. The van der Waals surface area contributed by atoms with E-state index in [4.69, 9.17) is 10.5 Å². The molecule has 19 heavy (non-hydrogen) atoms. The topological polar surface area (TPSA) is 78.8 Å². The van der Waals surface area contributed by atoms with Gasteiger partial charge >= 0.3 is 0 Å². The van der Waals surface area contributed by atoms with E-state index in [1.165, 1.54) is 0 Å². The van der Waals surface area contributed by atoms with Crippen LogP contribution in [0.15, 0.2) is 18.2 Å². The first-order chi connectivity index (χ1) is 9.25. The van der Waals surface area contributed by atoms with Crippen LogP contribution in [0.1, 0.15) is 24.4 Å².